The highest BCUT2D eigenvalue weighted by Gasteiger charge is 2.16. The third-order valence-electron chi connectivity index (χ3n) is 3.71. The standard InChI is InChI=1S/C18H14N2O3S/c21-18(13-4-5-16-12(9-13)6-8-22-16)23-10-14-11-24-17(20-14)15-3-1-2-7-19-15/h1-5,7,9,11H,6,8,10H2. The maximum absolute atomic E-state index is 12.2. The Labute approximate surface area is 142 Å². The minimum Gasteiger partial charge on any atom is -0.493 e. The monoisotopic (exact) mass is 338 g/mol. The van der Waals surface area contributed by atoms with Crippen molar-refractivity contribution in [1.29, 1.82) is 0 Å². The summed E-state index contributed by atoms with van der Waals surface area (Å²) in [5.74, 6) is 0.503. The molecule has 0 spiro atoms. The molecule has 3 aromatic rings. The molecule has 0 fully saturated rings. The Morgan fingerprint density at radius 1 is 1.29 bits per heavy atom. The zero-order valence-electron chi connectivity index (χ0n) is 12.8. The summed E-state index contributed by atoms with van der Waals surface area (Å²) >= 11 is 1.48. The number of rotatable bonds is 4. The van der Waals surface area contributed by atoms with Crippen LogP contribution in [0.3, 0.4) is 0 Å². The fourth-order valence-electron chi connectivity index (χ4n) is 2.52. The van der Waals surface area contributed by atoms with Gasteiger partial charge in [-0.25, -0.2) is 9.78 Å². The highest BCUT2D eigenvalue weighted by molar-refractivity contribution is 7.13. The number of thiazole rings is 1. The van der Waals surface area contributed by atoms with Crippen LogP contribution in [0.25, 0.3) is 10.7 Å². The second-order valence-electron chi connectivity index (χ2n) is 5.36. The highest BCUT2D eigenvalue weighted by atomic mass is 32.1. The van der Waals surface area contributed by atoms with E-state index >= 15 is 0 Å². The third kappa shape index (κ3) is 3.00. The molecule has 2 aromatic heterocycles. The molecule has 120 valence electrons. The molecule has 0 amide bonds. The second kappa shape index (κ2) is 6.41. The van der Waals surface area contributed by atoms with Crippen LogP contribution in [0.4, 0.5) is 0 Å². The summed E-state index contributed by atoms with van der Waals surface area (Å²) in [4.78, 5) is 20.9. The first-order valence-corrected chi connectivity index (χ1v) is 8.46. The first kappa shape index (κ1) is 14.8. The van der Waals surface area contributed by atoms with Crippen LogP contribution < -0.4 is 4.74 Å². The first-order chi connectivity index (χ1) is 11.8. The van der Waals surface area contributed by atoms with E-state index in [1.165, 1.54) is 11.3 Å². The lowest BCUT2D eigenvalue weighted by Crippen LogP contribution is -2.05. The lowest BCUT2D eigenvalue weighted by Gasteiger charge is -2.04. The van der Waals surface area contributed by atoms with Gasteiger partial charge in [-0.15, -0.1) is 11.3 Å². The Morgan fingerprint density at radius 3 is 3.12 bits per heavy atom. The molecule has 24 heavy (non-hydrogen) atoms. The third-order valence-corrected chi connectivity index (χ3v) is 4.63. The minimum atomic E-state index is -0.350. The van der Waals surface area contributed by atoms with Gasteiger partial charge in [0.1, 0.15) is 17.4 Å². The summed E-state index contributed by atoms with van der Waals surface area (Å²) in [6.45, 7) is 0.818. The Bertz CT molecular complexity index is 877. The number of benzene rings is 1. The molecule has 4 rings (SSSR count). The number of carbonyl (C=O) groups is 1. The van der Waals surface area contributed by atoms with Gasteiger partial charge in [0, 0.05) is 18.0 Å². The van der Waals surface area contributed by atoms with Crippen LogP contribution in [0.15, 0.2) is 48.0 Å². The van der Waals surface area contributed by atoms with Crippen LogP contribution in [-0.4, -0.2) is 22.5 Å². The number of fused-ring (bicyclic) bond motifs is 1. The fourth-order valence-corrected chi connectivity index (χ4v) is 3.30. The number of pyridine rings is 1. The molecule has 0 aliphatic carbocycles. The van der Waals surface area contributed by atoms with Crippen molar-refractivity contribution in [2.45, 2.75) is 13.0 Å². The van der Waals surface area contributed by atoms with Gasteiger partial charge in [0.2, 0.25) is 0 Å². The maximum atomic E-state index is 12.2. The van der Waals surface area contributed by atoms with Gasteiger partial charge in [-0.05, 0) is 35.9 Å². The van der Waals surface area contributed by atoms with Crippen molar-refractivity contribution in [2.75, 3.05) is 6.61 Å². The van der Waals surface area contributed by atoms with E-state index in [0.717, 1.165) is 34.1 Å². The van der Waals surface area contributed by atoms with Gasteiger partial charge in [0.15, 0.2) is 0 Å². The number of ether oxygens (including phenoxy) is 2. The number of nitrogens with zero attached hydrogens (tertiary/aromatic N) is 2. The van der Waals surface area contributed by atoms with E-state index in [1.54, 1.807) is 12.3 Å². The Morgan fingerprint density at radius 2 is 2.25 bits per heavy atom. The normalized spacial score (nSPS) is 12.5. The van der Waals surface area contributed by atoms with Crippen molar-refractivity contribution in [2.24, 2.45) is 0 Å². The molecule has 0 bridgehead atoms. The Hall–Kier alpha value is -2.73. The Balaban J connectivity index is 1.42. The highest BCUT2D eigenvalue weighted by Crippen LogP contribution is 2.26. The van der Waals surface area contributed by atoms with Gasteiger partial charge >= 0.3 is 5.97 Å². The van der Waals surface area contributed by atoms with E-state index in [-0.39, 0.29) is 12.6 Å². The predicted octanol–water partition coefficient (Wildman–Crippen LogP) is 3.50. The lowest BCUT2D eigenvalue weighted by molar-refractivity contribution is 0.0468. The van der Waals surface area contributed by atoms with Crippen molar-refractivity contribution < 1.29 is 14.3 Å². The summed E-state index contributed by atoms with van der Waals surface area (Å²) in [5.41, 5.74) is 3.13. The molecule has 0 atom stereocenters. The van der Waals surface area contributed by atoms with E-state index in [9.17, 15) is 4.79 Å². The molecule has 0 saturated heterocycles. The number of carbonyl (C=O) groups excluding carboxylic acids is 1. The second-order valence-corrected chi connectivity index (χ2v) is 6.21. The summed E-state index contributed by atoms with van der Waals surface area (Å²) in [5, 5.41) is 2.70. The fraction of sp³-hybridized carbons (Fsp3) is 0.167. The van der Waals surface area contributed by atoms with Gasteiger partial charge in [-0.2, -0.15) is 0 Å². The van der Waals surface area contributed by atoms with Crippen LogP contribution in [0.1, 0.15) is 21.6 Å². The molecule has 3 heterocycles. The van der Waals surface area contributed by atoms with Crippen LogP contribution >= 0.6 is 11.3 Å². The molecular weight excluding hydrogens is 324 g/mol. The predicted molar refractivity (Wildman–Crippen MR) is 90.1 cm³/mol. The quantitative estimate of drug-likeness (QED) is 0.681. The molecule has 0 radical (unpaired) electrons. The van der Waals surface area contributed by atoms with Crippen LogP contribution in [0.2, 0.25) is 0 Å². The van der Waals surface area contributed by atoms with E-state index in [4.69, 9.17) is 9.47 Å². The number of hydrogen-bond acceptors (Lipinski definition) is 6. The van der Waals surface area contributed by atoms with Gasteiger partial charge < -0.3 is 9.47 Å². The summed E-state index contributed by atoms with van der Waals surface area (Å²) < 4.78 is 10.8. The van der Waals surface area contributed by atoms with Crippen LogP contribution in [0.5, 0.6) is 5.75 Å². The smallest absolute Gasteiger partial charge is 0.338 e. The SMILES string of the molecule is O=C(OCc1csc(-c2ccccn2)n1)c1ccc2c(c1)CCO2. The van der Waals surface area contributed by atoms with Crippen molar-refractivity contribution in [1.82, 2.24) is 9.97 Å². The van der Waals surface area contributed by atoms with E-state index < -0.39 is 0 Å². The zero-order valence-corrected chi connectivity index (χ0v) is 13.6. The molecule has 0 saturated carbocycles. The van der Waals surface area contributed by atoms with Crippen LogP contribution in [-0.2, 0) is 17.8 Å². The van der Waals surface area contributed by atoms with E-state index in [1.807, 2.05) is 35.7 Å². The summed E-state index contributed by atoms with van der Waals surface area (Å²) in [7, 11) is 0. The molecule has 1 aliphatic rings. The molecule has 0 N–H and O–H groups in total. The zero-order chi connectivity index (χ0) is 16.4. The molecule has 6 heteroatoms. The first-order valence-electron chi connectivity index (χ1n) is 7.58. The van der Waals surface area contributed by atoms with Crippen molar-refractivity contribution in [3.05, 3.63) is 64.8 Å². The minimum absolute atomic E-state index is 0.149. The van der Waals surface area contributed by atoms with Gasteiger partial charge in [-0.3, -0.25) is 4.98 Å². The Kier molecular flexibility index (Phi) is 3.96. The van der Waals surface area contributed by atoms with Crippen molar-refractivity contribution in [3.63, 3.8) is 0 Å². The largest absolute Gasteiger partial charge is 0.493 e. The van der Waals surface area contributed by atoms with Crippen molar-refractivity contribution in [3.8, 4) is 16.5 Å². The van der Waals surface area contributed by atoms with E-state index in [0.29, 0.717) is 12.2 Å². The lowest BCUT2D eigenvalue weighted by atomic mass is 10.1. The average molecular weight is 338 g/mol. The summed E-state index contributed by atoms with van der Waals surface area (Å²) in [6, 6.07) is 11.1. The molecule has 5 nitrogen and oxygen atoms in total. The topological polar surface area (TPSA) is 61.3 Å². The molecular formula is C18H14N2O3S. The molecule has 1 aliphatic heterocycles. The molecule has 1 aromatic carbocycles. The maximum Gasteiger partial charge on any atom is 0.338 e. The number of esters is 1. The average Bonchev–Trinajstić information content (AvgIpc) is 3.29. The van der Waals surface area contributed by atoms with Crippen LogP contribution in [0, 0.1) is 0 Å². The number of aromatic nitrogens is 2. The molecule has 0 unspecified atom stereocenters. The van der Waals surface area contributed by atoms with Gasteiger partial charge in [-0.1, -0.05) is 6.07 Å². The van der Waals surface area contributed by atoms with Gasteiger partial charge in [0.05, 0.1) is 23.6 Å². The van der Waals surface area contributed by atoms with Gasteiger partial charge in [0.25, 0.3) is 0 Å². The number of hydrogen-bond donors (Lipinski definition) is 0. The summed E-state index contributed by atoms with van der Waals surface area (Å²) in [6.07, 6.45) is 2.56. The van der Waals surface area contributed by atoms with E-state index in [2.05, 4.69) is 9.97 Å². The van der Waals surface area contributed by atoms with Crippen molar-refractivity contribution >= 4 is 17.3 Å².